The Morgan fingerprint density at radius 2 is 1.85 bits per heavy atom. The summed E-state index contributed by atoms with van der Waals surface area (Å²) in [5, 5.41) is 3.90. The molecular formula is C19H33N. The summed E-state index contributed by atoms with van der Waals surface area (Å²) in [6.07, 6.45) is 12.8. The molecule has 114 valence electrons. The molecule has 0 aromatic carbocycles. The van der Waals surface area contributed by atoms with Gasteiger partial charge in [-0.3, -0.25) is 0 Å². The van der Waals surface area contributed by atoms with Crippen molar-refractivity contribution in [3.05, 3.63) is 11.6 Å². The Hall–Kier alpha value is -0.300. The molecule has 3 unspecified atom stereocenters. The molecule has 4 rings (SSSR count). The van der Waals surface area contributed by atoms with Gasteiger partial charge >= 0.3 is 0 Å². The topological polar surface area (TPSA) is 12.0 Å². The van der Waals surface area contributed by atoms with E-state index in [0.717, 1.165) is 11.8 Å². The average molecular weight is 275 g/mol. The van der Waals surface area contributed by atoms with Crippen molar-refractivity contribution in [1.29, 1.82) is 0 Å². The summed E-state index contributed by atoms with van der Waals surface area (Å²) >= 11 is 0. The summed E-state index contributed by atoms with van der Waals surface area (Å²) in [7, 11) is 0. The lowest BCUT2D eigenvalue weighted by Crippen LogP contribution is -2.58. The minimum absolute atomic E-state index is 0.575. The molecule has 4 bridgehead atoms. The van der Waals surface area contributed by atoms with Crippen molar-refractivity contribution in [3.8, 4) is 0 Å². The first-order valence-electron chi connectivity index (χ1n) is 8.83. The van der Waals surface area contributed by atoms with Crippen LogP contribution in [0.5, 0.6) is 0 Å². The van der Waals surface area contributed by atoms with Crippen LogP contribution in [0.2, 0.25) is 0 Å². The summed E-state index contributed by atoms with van der Waals surface area (Å²) in [5.74, 6) is 2.05. The zero-order valence-electron chi connectivity index (χ0n) is 14.0. The molecule has 0 saturated heterocycles. The summed E-state index contributed by atoms with van der Waals surface area (Å²) < 4.78 is 0. The van der Waals surface area contributed by atoms with E-state index in [1.165, 1.54) is 57.1 Å². The lowest BCUT2D eigenvalue weighted by atomic mass is 9.43. The smallest absolute Gasteiger partial charge is 0.0309 e. The van der Waals surface area contributed by atoms with Crippen LogP contribution in [0.3, 0.4) is 0 Å². The second kappa shape index (κ2) is 5.16. The largest absolute Gasteiger partial charge is 0.310 e. The molecule has 0 amide bonds. The van der Waals surface area contributed by atoms with Gasteiger partial charge in [-0.15, -0.1) is 0 Å². The van der Waals surface area contributed by atoms with E-state index in [4.69, 9.17) is 0 Å². The summed E-state index contributed by atoms with van der Waals surface area (Å²) in [5.41, 5.74) is 2.72. The van der Waals surface area contributed by atoms with Crippen LogP contribution >= 0.6 is 0 Å². The molecule has 0 heterocycles. The minimum Gasteiger partial charge on any atom is -0.310 e. The van der Waals surface area contributed by atoms with Gasteiger partial charge < -0.3 is 5.32 Å². The third-order valence-electron chi connectivity index (χ3n) is 6.17. The van der Waals surface area contributed by atoms with E-state index in [1.54, 1.807) is 0 Å². The number of allylic oxidation sites excluding steroid dienone is 1. The van der Waals surface area contributed by atoms with Crippen molar-refractivity contribution in [1.82, 2.24) is 5.32 Å². The Morgan fingerprint density at radius 1 is 1.20 bits per heavy atom. The molecule has 4 aliphatic rings. The van der Waals surface area contributed by atoms with E-state index in [2.05, 4.69) is 39.1 Å². The highest BCUT2D eigenvalue weighted by Gasteiger charge is 2.57. The van der Waals surface area contributed by atoms with Crippen molar-refractivity contribution in [2.24, 2.45) is 22.7 Å². The fourth-order valence-electron chi connectivity index (χ4n) is 6.25. The van der Waals surface area contributed by atoms with Crippen LogP contribution in [-0.4, -0.2) is 12.6 Å². The lowest BCUT2D eigenvalue weighted by Gasteiger charge is -2.63. The second-order valence-corrected chi connectivity index (χ2v) is 8.81. The Kier molecular flexibility index (Phi) is 3.77. The zero-order valence-corrected chi connectivity index (χ0v) is 14.0. The maximum Gasteiger partial charge on any atom is 0.0309 e. The highest BCUT2D eigenvalue weighted by Crippen LogP contribution is 2.66. The molecular weight excluding hydrogens is 242 g/mol. The lowest BCUT2D eigenvalue weighted by molar-refractivity contribution is -0.111. The van der Waals surface area contributed by atoms with Gasteiger partial charge in [-0.2, -0.15) is 0 Å². The Balaban J connectivity index is 1.87. The van der Waals surface area contributed by atoms with Crippen LogP contribution in [0.15, 0.2) is 11.6 Å². The molecule has 0 aromatic rings. The fraction of sp³-hybridized carbons (Fsp3) is 0.895. The molecule has 4 fully saturated rings. The van der Waals surface area contributed by atoms with E-state index in [-0.39, 0.29) is 0 Å². The van der Waals surface area contributed by atoms with Crippen molar-refractivity contribution >= 4 is 0 Å². The summed E-state index contributed by atoms with van der Waals surface area (Å²) in [6, 6.07) is 0.623. The highest BCUT2D eigenvalue weighted by atomic mass is 14.9. The van der Waals surface area contributed by atoms with E-state index >= 15 is 0 Å². The Labute approximate surface area is 125 Å². The van der Waals surface area contributed by atoms with Crippen molar-refractivity contribution < 1.29 is 0 Å². The number of rotatable bonds is 5. The van der Waals surface area contributed by atoms with Crippen LogP contribution in [0.1, 0.15) is 72.6 Å². The van der Waals surface area contributed by atoms with Crippen LogP contribution in [0.25, 0.3) is 0 Å². The maximum atomic E-state index is 3.90. The quantitative estimate of drug-likeness (QED) is 0.702. The minimum atomic E-state index is 0.575. The molecule has 0 spiro atoms. The van der Waals surface area contributed by atoms with Gasteiger partial charge in [0.25, 0.3) is 0 Å². The first-order chi connectivity index (χ1) is 9.45. The third-order valence-corrected chi connectivity index (χ3v) is 6.17. The summed E-state index contributed by atoms with van der Waals surface area (Å²) in [4.78, 5) is 0. The van der Waals surface area contributed by atoms with E-state index in [0.29, 0.717) is 16.9 Å². The van der Waals surface area contributed by atoms with Gasteiger partial charge in [0, 0.05) is 6.04 Å². The van der Waals surface area contributed by atoms with Crippen molar-refractivity contribution in [2.45, 2.75) is 78.7 Å². The molecule has 1 heteroatoms. The zero-order chi connectivity index (χ0) is 14.4. The van der Waals surface area contributed by atoms with Crippen molar-refractivity contribution in [3.63, 3.8) is 0 Å². The van der Waals surface area contributed by atoms with E-state index in [9.17, 15) is 0 Å². The molecule has 0 radical (unpaired) electrons. The average Bonchev–Trinajstić information content (AvgIpc) is 2.30. The van der Waals surface area contributed by atoms with Gasteiger partial charge in [0.15, 0.2) is 0 Å². The molecule has 1 nitrogen and oxygen atoms in total. The number of hydrogen-bond acceptors (Lipinski definition) is 1. The third kappa shape index (κ3) is 2.58. The first kappa shape index (κ1) is 14.6. The van der Waals surface area contributed by atoms with Crippen molar-refractivity contribution in [2.75, 3.05) is 6.54 Å². The van der Waals surface area contributed by atoms with Gasteiger partial charge in [-0.25, -0.2) is 0 Å². The van der Waals surface area contributed by atoms with E-state index < -0.39 is 0 Å². The molecule has 0 aromatic heterocycles. The predicted octanol–water partition coefficient (Wildman–Crippen LogP) is 4.93. The van der Waals surface area contributed by atoms with Gasteiger partial charge in [0.1, 0.15) is 0 Å². The van der Waals surface area contributed by atoms with Gasteiger partial charge in [-0.05, 0) is 88.0 Å². The van der Waals surface area contributed by atoms with Crippen LogP contribution in [-0.2, 0) is 0 Å². The molecule has 20 heavy (non-hydrogen) atoms. The monoisotopic (exact) mass is 275 g/mol. The standard InChI is InChI=1S/C19H33N/c1-5-6-20-17(7-14(2)3)19-11-15-8-16(12-19)10-18(4,9-15)13-19/h7,15-17,20H,5-6,8-13H2,1-4H3. The molecule has 1 N–H and O–H groups in total. The summed E-state index contributed by atoms with van der Waals surface area (Å²) in [6.45, 7) is 10.6. The van der Waals surface area contributed by atoms with E-state index in [1.807, 2.05) is 0 Å². The van der Waals surface area contributed by atoms with Crippen LogP contribution < -0.4 is 5.32 Å². The molecule has 3 atom stereocenters. The molecule has 4 saturated carbocycles. The van der Waals surface area contributed by atoms with Gasteiger partial charge in [0.05, 0.1) is 0 Å². The van der Waals surface area contributed by atoms with Gasteiger partial charge in [0.2, 0.25) is 0 Å². The highest BCUT2D eigenvalue weighted by molar-refractivity contribution is 5.16. The van der Waals surface area contributed by atoms with Crippen LogP contribution in [0, 0.1) is 22.7 Å². The Bertz CT molecular complexity index is 377. The first-order valence-corrected chi connectivity index (χ1v) is 8.83. The van der Waals surface area contributed by atoms with Crippen LogP contribution in [0.4, 0.5) is 0 Å². The second-order valence-electron chi connectivity index (χ2n) is 8.81. The molecule has 4 aliphatic carbocycles. The van der Waals surface area contributed by atoms with Gasteiger partial charge in [-0.1, -0.05) is 25.5 Å². The number of hydrogen-bond donors (Lipinski definition) is 1. The SMILES string of the molecule is CCCNC(C=C(C)C)C12CC3CC(CC(C)(C3)C1)C2. The molecule has 0 aliphatic heterocycles. The Morgan fingerprint density at radius 3 is 2.35 bits per heavy atom. The fourth-order valence-corrected chi connectivity index (χ4v) is 6.25. The number of nitrogens with one attached hydrogen (secondary N) is 1. The predicted molar refractivity (Wildman–Crippen MR) is 86.7 cm³/mol. The normalized spacial score (nSPS) is 43.6. The maximum absolute atomic E-state index is 3.90.